The van der Waals surface area contributed by atoms with Gasteiger partial charge < -0.3 is 4.90 Å². The van der Waals surface area contributed by atoms with Gasteiger partial charge in [0, 0.05) is 36.9 Å². The van der Waals surface area contributed by atoms with Crippen molar-refractivity contribution in [2.24, 2.45) is 5.41 Å². The van der Waals surface area contributed by atoms with Crippen molar-refractivity contribution in [2.75, 3.05) is 18.8 Å². The number of rotatable bonds is 5. The fraction of sp³-hybridized carbons (Fsp3) is 0.550. The first-order chi connectivity index (χ1) is 12.5. The maximum Gasteiger partial charge on any atom is 0.260 e. The first-order valence-electron chi connectivity index (χ1n) is 9.34. The summed E-state index contributed by atoms with van der Waals surface area (Å²) in [6.07, 6.45) is 3.67. The Bertz CT molecular complexity index is 694. The van der Waals surface area contributed by atoms with E-state index in [0.717, 1.165) is 12.8 Å². The van der Waals surface area contributed by atoms with Crippen LogP contribution in [0, 0.1) is 5.41 Å². The molecule has 0 saturated carbocycles. The van der Waals surface area contributed by atoms with E-state index in [4.69, 9.17) is 0 Å². The Morgan fingerprint density at radius 2 is 1.96 bits per heavy atom. The fourth-order valence-corrected chi connectivity index (χ4v) is 4.43. The van der Waals surface area contributed by atoms with Gasteiger partial charge in [0.1, 0.15) is 0 Å². The summed E-state index contributed by atoms with van der Waals surface area (Å²) in [5.41, 5.74) is -0.190. The van der Waals surface area contributed by atoms with Crippen molar-refractivity contribution in [2.45, 2.75) is 45.1 Å². The average molecular weight is 375 g/mol. The number of carbonyl (C=O) groups is 3. The van der Waals surface area contributed by atoms with Gasteiger partial charge in [0.05, 0.1) is 5.41 Å². The van der Waals surface area contributed by atoms with Crippen LogP contribution in [0.15, 0.2) is 30.3 Å². The second kappa shape index (κ2) is 7.82. The summed E-state index contributed by atoms with van der Waals surface area (Å²) >= 11 is 4.52. The molecule has 6 heteroatoms. The molecule has 0 radical (unpaired) electrons. The van der Waals surface area contributed by atoms with Gasteiger partial charge in [-0.3, -0.25) is 19.3 Å². The molecular weight excluding hydrogens is 348 g/mol. The summed E-state index contributed by atoms with van der Waals surface area (Å²) in [6, 6.07) is 8.97. The highest BCUT2D eigenvalue weighted by atomic mass is 32.1. The molecule has 0 bridgehead atoms. The van der Waals surface area contributed by atoms with Crippen LogP contribution < -0.4 is 0 Å². The molecule has 26 heavy (non-hydrogen) atoms. The third-order valence-corrected chi connectivity index (χ3v) is 6.24. The molecule has 0 aliphatic carbocycles. The number of nitrogens with zero attached hydrogens (tertiary/aromatic N) is 2. The summed E-state index contributed by atoms with van der Waals surface area (Å²) in [4.78, 5) is 41.7. The molecule has 1 unspecified atom stereocenters. The Hall–Kier alpha value is -1.82. The number of amides is 3. The van der Waals surface area contributed by atoms with Gasteiger partial charge in [0.25, 0.3) is 5.91 Å². The van der Waals surface area contributed by atoms with Crippen LogP contribution >= 0.6 is 12.6 Å². The van der Waals surface area contributed by atoms with Crippen LogP contribution in [0.25, 0.3) is 0 Å². The van der Waals surface area contributed by atoms with Crippen LogP contribution in [0.1, 0.15) is 49.4 Å². The van der Waals surface area contributed by atoms with Crippen molar-refractivity contribution in [3.8, 4) is 0 Å². The zero-order chi connectivity index (χ0) is 18.7. The first-order valence-corrected chi connectivity index (χ1v) is 9.97. The van der Waals surface area contributed by atoms with E-state index in [-0.39, 0.29) is 30.3 Å². The summed E-state index contributed by atoms with van der Waals surface area (Å²) in [5, 5.41) is 0. The van der Waals surface area contributed by atoms with Crippen molar-refractivity contribution in [1.29, 1.82) is 0 Å². The van der Waals surface area contributed by atoms with E-state index in [1.807, 2.05) is 11.0 Å². The smallest absolute Gasteiger partial charge is 0.260 e. The minimum atomic E-state index is -0.687. The maximum atomic E-state index is 13.5. The highest BCUT2D eigenvalue weighted by Gasteiger charge is 2.50. The standard InChI is InChI=1S/C20H26N2O3S/c1-2-3-9-20(14-26)13-16-12-17(23)21(16)10-11-22(19(20)25)18(24)15-7-5-4-6-8-15/h4-8,16,26H,2-3,9-14H2,1H3/t16-,20?/m1/s1. The molecule has 2 heterocycles. The van der Waals surface area contributed by atoms with E-state index in [9.17, 15) is 14.4 Å². The number of β-lactam (4-membered cyclic amide) rings is 1. The van der Waals surface area contributed by atoms with Crippen LogP contribution in [0.3, 0.4) is 0 Å². The molecular formula is C20H26N2O3S. The van der Waals surface area contributed by atoms with Crippen LogP contribution in [0.5, 0.6) is 0 Å². The summed E-state index contributed by atoms with van der Waals surface area (Å²) in [6.45, 7) is 2.76. The van der Waals surface area contributed by atoms with Crippen molar-refractivity contribution in [3.05, 3.63) is 35.9 Å². The van der Waals surface area contributed by atoms with E-state index in [2.05, 4.69) is 19.6 Å². The molecule has 2 fully saturated rings. The van der Waals surface area contributed by atoms with Crippen LogP contribution in [0.4, 0.5) is 0 Å². The van der Waals surface area contributed by atoms with Gasteiger partial charge in [0.15, 0.2) is 0 Å². The van der Waals surface area contributed by atoms with Crippen LogP contribution in [0.2, 0.25) is 0 Å². The molecule has 5 nitrogen and oxygen atoms in total. The zero-order valence-corrected chi connectivity index (χ0v) is 16.1. The average Bonchev–Trinajstić information content (AvgIpc) is 2.66. The highest BCUT2D eigenvalue weighted by molar-refractivity contribution is 7.80. The topological polar surface area (TPSA) is 57.7 Å². The quantitative estimate of drug-likeness (QED) is 0.490. The minimum absolute atomic E-state index is 0.101. The largest absolute Gasteiger partial charge is 0.337 e. The van der Waals surface area contributed by atoms with Gasteiger partial charge in [-0.1, -0.05) is 38.0 Å². The molecule has 2 aliphatic heterocycles. The molecule has 2 atom stereocenters. The van der Waals surface area contributed by atoms with E-state index >= 15 is 0 Å². The molecule has 3 rings (SSSR count). The second-order valence-electron chi connectivity index (χ2n) is 7.32. The monoisotopic (exact) mass is 374 g/mol. The van der Waals surface area contributed by atoms with Crippen LogP contribution in [-0.2, 0) is 9.59 Å². The van der Waals surface area contributed by atoms with Crippen molar-refractivity contribution >= 4 is 30.4 Å². The number of thiol groups is 1. The number of benzene rings is 1. The molecule has 3 amide bonds. The third-order valence-electron chi connectivity index (χ3n) is 5.64. The van der Waals surface area contributed by atoms with E-state index in [0.29, 0.717) is 37.1 Å². The number of imide groups is 1. The zero-order valence-electron chi connectivity index (χ0n) is 15.2. The van der Waals surface area contributed by atoms with E-state index in [1.54, 1.807) is 24.3 Å². The minimum Gasteiger partial charge on any atom is -0.337 e. The highest BCUT2D eigenvalue weighted by Crippen LogP contribution is 2.40. The van der Waals surface area contributed by atoms with Crippen LogP contribution in [-0.4, -0.2) is 52.4 Å². The Kier molecular flexibility index (Phi) is 5.70. The Balaban J connectivity index is 1.93. The lowest BCUT2D eigenvalue weighted by atomic mass is 9.74. The number of carbonyl (C=O) groups excluding carboxylic acids is 3. The third kappa shape index (κ3) is 3.39. The van der Waals surface area contributed by atoms with Crippen molar-refractivity contribution < 1.29 is 14.4 Å². The number of unbranched alkanes of at least 4 members (excludes halogenated alkanes) is 1. The Labute approximate surface area is 160 Å². The Morgan fingerprint density at radius 3 is 2.58 bits per heavy atom. The predicted molar refractivity (Wildman–Crippen MR) is 103 cm³/mol. The van der Waals surface area contributed by atoms with Gasteiger partial charge in [-0.2, -0.15) is 12.6 Å². The maximum absolute atomic E-state index is 13.5. The van der Waals surface area contributed by atoms with Gasteiger partial charge in [-0.15, -0.1) is 0 Å². The molecule has 1 aromatic rings. The van der Waals surface area contributed by atoms with Gasteiger partial charge in [-0.25, -0.2) is 0 Å². The SMILES string of the molecule is CCCCC1(CS)C[C@H]2CC(=O)N2CCN(C(=O)c2ccccc2)C1=O. The van der Waals surface area contributed by atoms with Gasteiger partial charge >= 0.3 is 0 Å². The molecule has 1 aromatic carbocycles. The number of hydrogen-bond donors (Lipinski definition) is 1. The van der Waals surface area contributed by atoms with Crippen molar-refractivity contribution in [1.82, 2.24) is 9.80 Å². The first kappa shape index (κ1) is 19.0. The molecule has 140 valence electrons. The number of hydrogen-bond acceptors (Lipinski definition) is 4. The molecule has 0 spiro atoms. The second-order valence-corrected chi connectivity index (χ2v) is 7.64. The van der Waals surface area contributed by atoms with Gasteiger partial charge in [-0.05, 0) is 25.0 Å². The normalized spacial score (nSPS) is 26.0. The molecule has 0 N–H and O–H groups in total. The molecule has 2 aliphatic rings. The van der Waals surface area contributed by atoms with Gasteiger partial charge in [0.2, 0.25) is 11.8 Å². The number of fused-ring (bicyclic) bond motifs is 1. The predicted octanol–water partition coefficient (Wildman–Crippen LogP) is 2.77. The van der Waals surface area contributed by atoms with Crippen molar-refractivity contribution in [3.63, 3.8) is 0 Å². The lowest BCUT2D eigenvalue weighted by Gasteiger charge is -2.49. The summed E-state index contributed by atoms with van der Waals surface area (Å²) in [5.74, 6) is 0.0849. The summed E-state index contributed by atoms with van der Waals surface area (Å²) < 4.78 is 0. The summed E-state index contributed by atoms with van der Waals surface area (Å²) in [7, 11) is 0. The lowest BCUT2D eigenvalue weighted by Crippen LogP contribution is -2.62. The van der Waals surface area contributed by atoms with E-state index in [1.165, 1.54) is 4.90 Å². The fourth-order valence-electron chi connectivity index (χ4n) is 4.01. The molecule has 0 aromatic heterocycles. The molecule has 2 saturated heterocycles. The van der Waals surface area contributed by atoms with E-state index < -0.39 is 5.41 Å². The lowest BCUT2D eigenvalue weighted by molar-refractivity contribution is -0.156. The Morgan fingerprint density at radius 1 is 1.23 bits per heavy atom.